The van der Waals surface area contributed by atoms with E-state index in [0.29, 0.717) is 17.8 Å². The van der Waals surface area contributed by atoms with Crippen LogP contribution < -0.4 is 16.0 Å². The normalized spacial score (nSPS) is 10.2. The summed E-state index contributed by atoms with van der Waals surface area (Å²) in [5, 5.41) is 11.7. The number of nitrogen functional groups attached to an aromatic ring is 1. The first kappa shape index (κ1) is 14.3. The number of amides is 1. The van der Waals surface area contributed by atoms with Crippen LogP contribution >= 0.6 is 0 Å². The second-order valence-electron chi connectivity index (χ2n) is 4.06. The number of hydrogen-bond donors (Lipinski definition) is 3. The number of carbonyl (C=O) groups is 1. The number of carbonyl (C=O) groups excluding carboxylic acids is 1. The van der Waals surface area contributed by atoms with Gasteiger partial charge in [-0.25, -0.2) is 0 Å². The van der Waals surface area contributed by atoms with Gasteiger partial charge in [-0.3, -0.25) is 4.79 Å². The number of nitrogens with two attached hydrogens (primary N) is 1. The van der Waals surface area contributed by atoms with Gasteiger partial charge in [-0.1, -0.05) is 6.92 Å². The van der Waals surface area contributed by atoms with Crippen molar-refractivity contribution >= 4 is 17.3 Å². The predicted octanol–water partition coefficient (Wildman–Crippen LogP) is 0.837. The maximum atomic E-state index is 11.6. The molecule has 0 atom stereocenters. The van der Waals surface area contributed by atoms with E-state index < -0.39 is 0 Å². The zero-order valence-corrected chi connectivity index (χ0v) is 10.9. The first-order valence-electron chi connectivity index (χ1n) is 6.11. The van der Waals surface area contributed by atoms with E-state index in [1.807, 2.05) is 4.90 Å². The van der Waals surface area contributed by atoms with Crippen molar-refractivity contribution in [3.8, 4) is 0 Å². The van der Waals surface area contributed by atoms with Crippen molar-refractivity contribution in [3.05, 3.63) is 23.8 Å². The maximum Gasteiger partial charge on any atom is 0.251 e. The summed E-state index contributed by atoms with van der Waals surface area (Å²) in [5.41, 5.74) is 7.92. The Morgan fingerprint density at radius 3 is 2.72 bits per heavy atom. The fraction of sp³-hybridized carbons (Fsp3) is 0.462. The first-order valence-corrected chi connectivity index (χ1v) is 6.11. The molecule has 0 aliphatic carbocycles. The third-order valence-corrected chi connectivity index (χ3v) is 2.72. The van der Waals surface area contributed by atoms with E-state index >= 15 is 0 Å². The molecule has 0 unspecified atom stereocenters. The summed E-state index contributed by atoms with van der Waals surface area (Å²) in [6.45, 7) is 3.42. The van der Waals surface area contributed by atoms with Crippen LogP contribution in [0.2, 0.25) is 0 Å². The Kier molecular flexibility index (Phi) is 5.45. The highest BCUT2D eigenvalue weighted by molar-refractivity contribution is 5.96. The molecule has 4 N–H and O–H groups in total. The molecule has 0 saturated heterocycles. The maximum absolute atomic E-state index is 11.6. The van der Waals surface area contributed by atoms with E-state index in [2.05, 4.69) is 12.2 Å². The smallest absolute Gasteiger partial charge is 0.251 e. The second-order valence-corrected chi connectivity index (χ2v) is 4.06. The van der Waals surface area contributed by atoms with Gasteiger partial charge in [0.2, 0.25) is 0 Å². The average Bonchev–Trinajstić information content (AvgIpc) is 2.38. The Bertz CT molecular complexity index is 401. The Balaban J connectivity index is 3.07. The Labute approximate surface area is 108 Å². The molecule has 0 spiro atoms. The lowest BCUT2D eigenvalue weighted by Gasteiger charge is -2.25. The van der Waals surface area contributed by atoms with Gasteiger partial charge in [-0.2, -0.15) is 0 Å². The van der Waals surface area contributed by atoms with E-state index in [0.717, 1.165) is 18.7 Å². The van der Waals surface area contributed by atoms with E-state index in [9.17, 15) is 4.79 Å². The highest BCUT2D eigenvalue weighted by atomic mass is 16.3. The second kappa shape index (κ2) is 6.86. The molecule has 0 heterocycles. The number of anilines is 2. The predicted molar refractivity (Wildman–Crippen MR) is 73.8 cm³/mol. The minimum atomic E-state index is -0.142. The number of rotatable bonds is 6. The summed E-state index contributed by atoms with van der Waals surface area (Å²) < 4.78 is 0. The van der Waals surface area contributed by atoms with E-state index in [4.69, 9.17) is 10.8 Å². The number of aliphatic hydroxyl groups excluding tert-OH is 1. The molecule has 0 bridgehead atoms. The summed E-state index contributed by atoms with van der Waals surface area (Å²) in [5.74, 6) is -0.142. The van der Waals surface area contributed by atoms with Gasteiger partial charge in [0.15, 0.2) is 0 Å². The third-order valence-electron chi connectivity index (χ3n) is 2.72. The lowest BCUT2D eigenvalue weighted by Crippen LogP contribution is -2.28. The summed E-state index contributed by atoms with van der Waals surface area (Å²) >= 11 is 0. The molecule has 0 fully saturated rings. The van der Waals surface area contributed by atoms with Gasteiger partial charge < -0.3 is 21.1 Å². The zero-order valence-electron chi connectivity index (χ0n) is 10.9. The average molecular weight is 251 g/mol. The molecule has 1 amide bonds. The molecular formula is C13H21N3O2. The van der Waals surface area contributed by atoms with Crippen LogP contribution in [0.1, 0.15) is 23.7 Å². The summed E-state index contributed by atoms with van der Waals surface area (Å²) in [4.78, 5) is 13.6. The molecule has 0 aliphatic rings. The van der Waals surface area contributed by atoms with Crippen molar-refractivity contribution in [2.75, 3.05) is 37.4 Å². The lowest BCUT2D eigenvalue weighted by atomic mass is 10.1. The molecule has 1 aromatic rings. The number of nitrogens with zero attached hydrogens (tertiary/aromatic N) is 1. The number of hydrogen-bond acceptors (Lipinski definition) is 4. The highest BCUT2D eigenvalue weighted by Crippen LogP contribution is 2.24. The Morgan fingerprint density at radius 1 is 1.44 bits per heavy atom. The largest absolute Gasteiger partial charge is 0.397 e. The topological polar surface area (TPSA) is 78.6 Å². The first-order chi connectivity index (χ1) is 8.63. The van der Waals surface area contributed by atoms with Gasteiger partial charge in [0, 0.05) is 25.7 Å². The molecule has 0 saturated carbocycles. The minimum absolute atomic E-state index is 0.0592. The van der Waals surface area contributed by atoms with Crippen molar-refractivity contribution in [2.24, 2.45) is 0 Å². The van der Waals surface area contributed by atoms with Crippen LogP contribution in [-0.4, -0.2) is 37.8 Å². The van der Waals surface area contributed by atoms with Crippen molar-refractivity contribution < 1.29 is 9.90 Å². The fourth-order valence-corrected chi connectivity index (χ4v) is 1.85. The molecule has 5 heteroatoms. The molecule has 1 aromatic carbocycles. The van der Waals surface area contributed by atoms with Crippen LogP contribution in [-0.2, 0) is 0 Å². The SMILES string of the molecule is CCCN(CCO)c1cc(C(=O)NC)ccc1N. The van der Waals surface area contributed by atoms with E-state index in [-0.39, 0.29) is 12.5 Å². The summed E-state index contributed by atoms with van der Waals surface area (Å²) in [7, 11) is 1.59. The summed E-state index contributed by atoms with van der Waals surface area (Å²) in [6, 6.07) is 5.18. The van der Waals surface area contributed by atoms with Gasteiger partial charge >= 0.3 is 0 Å². The van der Waals surface area contributed by atoms with Crippen molar-refractivity contribution in [1.82, 2.24) is 5.32 Å². The summed E-state index contributed by atoms with van der Waals surface area (Å²) in [6.07, 6.45) is 0.948. The van der Waals surface area contributed by atoms with Gasteiger partial charge in [0.05, 0.1) is 18.0 Å². The highest BCUT2D eigenvalue weighted by Gasteiger charge is 2.12. The molecule has 100 valence electrons. The van der Waals surface area contributed by atoms with Crippen molar-refractivity contribution in [3.63, 3.8) is 0 Å². The minimum Gasteiger partial charge on any atom is -0.397 e. The Morgan fingerprint density at radius 2 is 2.17 bits per heavy atom. The van der Waals surface area contributed by atoms with Crippen LogP contribution in [0.5, 0.6) is 0 Å². The number of benzene rings is 1. The Hall–Kier alpha value is -1.75. The zero-order chi connectivity index (χ0) is 13.5. The quantitative estimate of drug-likeness (QED) is 0.655. The molecular weight excluding hydrogens is 230 g/mol. The molecule has 0 aromatic heterocycles. The molecule has 0 aliphatic heterocycles. The van der Waals surface area contributed by atoms with Crippen molar-refractivity contribution in [1.29, 1.82) is 0 Å². The fourth-order valence-electron chi connectivity index (χ4n) is 1.85. The van der Waals surface area contributed by atoms with Crippen LogP contribution in [0, 0.1) is 0 Å². The van der Waals surface area contributed by atoms with Gasteiger partial charge in [-0.05, 0) is 24.6 Å². The van der Waals surface area contributed by atoms with Gasteiger partial charge in [0.1, 0.15) is 0 Å². The molecule has 5 nitrogen and oxygen atoms in total. The van der Waals surface area contributed by atoms with Crippen LogP contribution in [0.25, 0.3) is 0 Å². The van der Waals surface area contributed by atoms with Gasteiger partial charge in [0.25, 0.3) is 5.91 Å². The van der Waals surface area contributed by atoms with E-state index in [1.54, 1.807) is 25.2 Å². The lowest BCUT2D eigenvalue weighted by molar-refractivity contribution is 0.0963. The number of nitrogens with one attached hydrogen (secondary N) is 1. The van der Waals surface area contributed by atoms with Crippen molar-refractivity contribution in [2.45, 2.75) is 13.3 Å². The van der Waals surface area contributed by atoms with Crippen LogP contribution in [0.3, 0.4) is 0 Å². The van der Waals surface area contributed by atoms with E-state index in [1.165, 1.54) is 0 Å². The molecule has 18 heavy (non-hydrogen) atoms. The molecule has 1 rings (SSSR count). The number of aliphatic hydroxyl groups is 1. The standard InChI is InChI=1S/C13H21N3O2/c1-3-6-16(7-8-17)12-9-10(13(18)15-2)4-5-11(12)14/h4-5,9,17H,3,6-8,14H2,1-2H3,(H,15,18). The van der Waals surface area contributed by atoms with Gasteiger partial charge in [-0.15, -0.1) is 0 Å². The third kappa shape index (κ3) is 3.37. The van der Waals surface area contributed by atoms with Crippen LogP contribution in [0.15, 0.2) is 18.2 Å². The monoisotopic (exact) mass is 251 g/mol. The van der Waals surface area contributed by atoms with Crippen LogP contribution in [0.4, 0.5) is 11.4 Å². The molecule has 0 radical (unpaired) electrons.